The molecule has 26 heavy (non-hydrogen) atoms. The monoisotopic (exact) mass is 481 g/mol. The van der Waals surface area contributed by atoms with Gasteiger partial charge in [0.15, 0.2) is 5.96 Å². The van der Waals surface area contributed by atoms with Gasteiger partial charge in [-0.1, -0.05) is 24.3 Å². The number of rotatable bonds is 6. The first-order chi connectivity index (χ1) is 12.3. The lowest BCUT2D eigenvalue weighted by molar-refractivity contribution is 0.788. The summed E-state index contributed by atoms with van der Waals surface area (Å²) in [5.41, 5.74) is 2.12. The zero-order valence-corrected chi connectivity index (χ0v) is 18.2. The van der Waals surface area contributed by atoms with E-state index in [-0.39, 0.29) is 24.0 Å². The van der Waals surface area contributed by atoms with Gasteiger partial charge in [-0.15, -0.1) is 35.3 Å². The zero-order valence-electron chi connectivity index (χ0n) is 15.0. The minimum atomic E-state index is 0. The third-order valence-electron chi connectivity index (χ3n) is 3.83. The van der Waals surface area contributed by atoms with Crippen molar-refractivity contribution in [2.75, 3.05) is 13.1 Å². The molecule has 0 bridgehead atoms. The van der Waals surface area contributed by atoms with Crippen molar-refractivity contribution >= 4 is 52.0 Å². The first-order valence-electron chi connectivity index (χ1n) is 8.52. The van der Waals surface area contributed by atoms with Crippen molar-refractivity contribution in [3.05, 3.63) is 58.3 Å². The van der Waals surface area contributed by atoms with Crippen LogP contribution in [0.25, 0.3) is 10.8 Å². The number of hydrogen-bond donors (Lipinski definition) is 2. The van der Waals surface area contributed by atoms with Crippen LogP contribution >= 0.6 is 35.3 Å². The van der Waals surface area contributed by atoms with Gasteiger partial charge in [0.1, 0.15) is 0 Å². The summed E-state index contributed by atoms with van der Waals surface area (Å²) in [6.45, 7) is 6.27. The Balaban J connectivity index is 0.00000243. The van der Waals surface area contributed by atoms with E-state index in [4.69, 9.17) is 0 Å². The van der Waals surface area contributed by atoms with Crippen molar-refractivity contribution in [1.29, 1.82) is 0 Å². The SMILES string of the molecule is CCNC(=NCc1nccc2ccccc12)NCCc1csc(C)n1.I. The molecule has 2 N–H and O–H groups in total. The quantitative estimate of drug-likeness (QED) is 0.319. The molecule has 3 rings (SSSR count). The summed E-state index contributed by atoms with van der Waals surface area (Å²) in [5, 5.41) is 12.2. The number of benzene rings is 1. The summed E-state index contributed by atoms with van der Waals surface area (Å²) in [6.07, 6.45) is 2.74. The highest BCUT2D eigenvalue weighted by Gasteiger charge is 2.03. The molecule has 7 heteroatoms. The minimum Gasteiger partial charge on any atom is -0.357 e. The summed E-state index contributed by atoms with van der Waals surface area (Å²) in [7, 11) is 0. The third-order valence-corrected chi connectivity index (χ3v) is 4.65. The van der Waals surface area contributed by atoms with Crippen LogP contribution in [0.4, 0.5) is 0 Å². The van der Waals surface area contributed by atoms with Crippen LogP contribution in [0.15, 0.2) is 46.9 Å². The van der Waals surface area contributed by atoms with Crippen LogP contribution < -0.4 is 10.6 Å². The maximum absolute atomic E-state index is 4.68. The van der Waals surface area contributed by atoms with E-state index in [2.05, 4.69) is 50.0 Å². The van der Waals surface area contributed by atoms with Gasteiger partial charge in [-0.25, -0.2) is 9.98 Å². The average molecular weight is 481 g/mol. The van der Waals surface area contributed by atoms with Gasteiger partial charge in [0.2, 0.25) is 0 Å². The smallest absolute Gasteiger partial charge is 0.191 e. The Morgan fingerprint density at radius 1 is 1.19 bits per heavy atom. The lowest BCUT2D eigenvalue weighted by Gasteiger charge is -2.11. The normalized spacial score (nSPS) is 11.2. The standard InChI is InChI=1S/C19H23N5S.HI/c1-3-20-19(22-11-9-16-13-25-14(2)24-16)23-12-18-17-7-5-4-6-15(17)8-10-21-18;/h4-8,10,13H,3,9,11-12H2,1-2H3,(H2,20,22,23);1H. The molecule has 2 aromatic heterocycles. The van der Waals surface area contributed by atoms with Gasteiger partial charge in [-0.2, -0.15) is 0 Å². The summed E-state index contributed by atoms with van der Waals surface area (Å²) in [4.78, 5) is 13.7. The van der Waals surface area contributed by atoms with Crippen molar-refractivity contribution in [1.82, 2.24) is 20.6 Å². The highest BCUT2D eigenvalue weighted by Crippen LogP contribution is 2.16. The Morgan fingerprint density at radius 3 is 2.81 bits per heavy atom. The van der Waals surface area contributed by atoms with Gasteiger partial charge < -0.3 is 10.6 Å². The fourth-order valence-electron chi connectivity index (χ4n) is 2.64. The van der Waals surface area contributed by atoms with E-state index in [0.29, 0.717) is 6.54 Å². The van der Waals surface area contributed by atoms with Crippen LogP contribution in [0, 0.1) is 6.92 Å². The van der Waals surface area contributed by atoms with Crippen LogP contribution in [-0.4, -0.2) is 29.0 Å². The molecular weight excluding hydrogens is 457 g/mol. The Hall–Kier alpha value is -1.74. The number of hydrogen-bond acceptors (Lipinski definition) is 4. The molecule has 0 saturated carbocycles. The predicted octanol–water partition coefficient (Wildman–Crippen LogP) is 3.92. The van der Waals surface area contributed by atoms with E-state index in [9.17, 15) is 0 Å². The minimum absolute atomic E-state index is 0. The Bertz CT molecular complexity index is 857. The molecule has 0 aliphatic heterocycles. The largest absolute Gasteiger partial charge is 0.357 e. The van der Waals surface area contributed by atoms with E-state index < -0.39 is 0 Å². The summed E-state index contributed by atoms with van der Waals surface area (Å²) >= 11 is 1.69. The number of nitrogens with one attached hydrogen (secondary N) is 2. The summed E-state index contributed by atoms with van der Waals surface area (Å²) in [6, 6.07) is 10.3. The molecule has 0 saturated heterocycles. The van der Waals surface area contributed by atoms with Crippen LogP contribution in [0.2, 0.25) is 0 Å². The highest BCUT2D eigenvalue weighted by molar-refractivity contribution is 14.0. The van der Waals surface area contributed by atoms with E-state index >= 15 is 0 Å². The number of halogens is 1. The number of aryl methyl sites for hydroxylation is 1. The molecule has 0 fully saturated rings. The molecule has 0 aliphatic rings. The second-order valence-electron chi connectivity index (χ2n) is 5.71. The average Bonchev–Trinajstić information content (AvgIpc) is 3.05. The van der Waals surface area contributed by atoms with Gasteiger partial charge in [-0.3, -0.25) is 4.98 Å². The number of pyridine rings is 1. The Kier molecular flexibility index (Phi) is 8.24. The lowest BCUT2D eigenvalue weighted by Crippen LogP contribution is -2.38. The summed E-state index contributed by atoms with van der Waals surface area (Å²) in [5.74, 6) is 0.809. The van der Waals surface area contributed by atoms with Crippen molar-refractivity contribution in [3.8, 4) is 0 Å². The number of fused-ring (bicyclic) bond motifs is 1. The molecule has 138 valence electrons. The van der Waals surface area contributed by atoms with E-state index in [1.54, 1.807) is 11.3 Å². The molecule has 0 atom stereocenters. The van der Waals surface area contributed by atoms with Crippen molar-refractivity contribution < 1.29 is 0 Å². The maximum Gasteiger partial charge on any atom is 0.191 e. The van der Waals surface area contributed by atoms with Crippen molar-refractivity contribution in [2.45, 2.75) is 26.8 Å². The third kappa shape index (κ3) is 5.63. The topological polar surface area (TPSA) is 62.2 Å². The highest BCUT2D eigenvalue weighted by atomic mass is 127. The van der Waals surface area contributed by atoms with Gasteiger partial charge in [0.05, 0.1) is 22.9 Å². The maximum atomic E-state index is 4.68. The van der Waals surface area contributed by atoms with Crippen molar-refractivity contribution in [2.24, 2.45) is 4.99 Å². The zero-order chi connectivity index (χ0) is 17.5. The molecule has 0 spiro atoms. The molecular formula is C19H24IN5S. The van der Waals surface area contributed by atoms with Crippen molar-refractivity contribution in [3.63, 3.8) is 0 Å². The molecule has 2 heterocycles. The van der Waals surface area contributed by atoms with Gasteiger partial charge in [-0.05, 0) is 25.3 Å². The number of thiazole rings is 1. The number of aliphatic imine (C=N–C) groups is 1. The summed E-state index contributed by atoms with van der Waals surface area (Å²) < 4.78 is 0. The van der Waals surface area contributed by atoms with Gasteiger partial charge >= 0.3 is 0 Å². The van der Waals surface area contributed by atoms with Crippen LogP contribution in [0.1, 0.15) is 23.3 Å². The van der Waals surface area contributed by atoms with E-state index in [0.717, 1.165) is 47.3 Å². The second kappa shape index (κ2) is 10.4. The predicted molar refractivity (Wildman–Crippen MR) is 121 cm³/mol. The van der Waals surface area contributed by atoms with Gasteiger partial charge in [0.25, 0.3) is 0 Å². The van der Waals surface area contributed by atoms with Gasteiger partial charge in [0, 0.05) is 36.5 Å². The van der Waals surface area contributed by atoms with Crippen LogP contribution in [0.5, 0.6) is 0 Å². The fraction of sp³-hybridized carbons (Fsp3) is 0.316. The fourth-order valence-corrected chi connectivity index (χ4v) is 3.28. The van der Waals surface area contributed by atoms with E-state index in [1.165, 1.54) is 5.39 Å². The Labute approximate surface area is 175 Å². The number of nitrogens with zero attached hydrogens (tertiary/aromatic N) is 3. The lowest BCUT2D eigenvalue weighted by atomic mass is 10.1. The van der Waals surface area contributed by atoms with Crippen LogP contribution in [0.3, 0.4) is 0 Å². The second-order valence-corrected chi connectivity index (χ2v) is 6.77. The van der Waals surface area contributed by atoms with Crippen LogP contribution in [-0.2, 0) is 13.0 Å². The molecule has 0 unspecified atom stereocenters. The molecule has 0 amide bonds. The molecule has 1 aromatic carbocycles. The first-order valence-corrected chi connectivity index (χ1v) is 9.40. The molecule has 3 aromatic rings. The Morgan fingerprint density at radius 2 is 2.04 bits per heavy atom. The number of guanidine groups is 1. The molecule has 0 radical (unpaired) electrons. The number of aromatic nitrogens is 2. The van der Waals surface area contributed by atoms with E-state index in [1.807, 2.05) is 31.3 Å². The molecule has 0 aliphatic carbocycles. The molecule has 5 nitrogen and oxygen atoms in total. The first kappa shape index (κ1) is 20.6.